The second-order valence-electron chi connectivity index (χ2n) is 11.9. The summed E-state index contributed by atoms with van der Waals surface area (Å²) in [6.07, 6.45) is 8.11. The molecule has 0 spiro atoms. The van der Waals surface area contributed by atoms with E-state index < -0.39 is 0 Å². The lowest BCUT2D eigenvalue weighted by Crippen LogP contribution is -2.39. The van der Waals surface area contributed by atoms with Crippen molar-refractivity contribution in [1.29, 1.82) is 0 Å². The molecule has 1 heterocycles. The maximum absolute atomic E-state index is 12.7. The van der Waals surface area contributed by atoms with Crippen LogP contribution in [-0.2, 0) is 28.5 Å². The first kappa shape index (κ1) is 35.2. The highest BCUT2D eigenvalue weighted by molar-refractivity contribution is 5.79. The largest absolute Gasteiger partial charge is 0.495 e. The monoisotopic (exact) mass is 551 g/mol. The predicted molar refractivity (Wildman–Crippen MR) is 157 cm³/mol. The lowest BCUT2D eigenvalue weighted by Gasteiger charge is -2.34. The third-order valence-electron chi connectivity index (χ3n) is 8.08. The van der Waals surface area contributed by atoms with E-state index in [0.29, 0.717) is 18.8 Å². The first-order valence-electron chi connectivity index (χ1n) is 14.9. The Morgan fingerprint density at radius 1 is 0.974 bits per heavy atom. The summed E-state index contributed by atoms with van der Waals surface area (Å²) in [5.41, 5.74) is 0. The van der Waals surface area contributed by atoms with Crippen molar-refractivity contribution >= 4 is 11.9 Å². The number of nitrogens with zero attached hydrogens (tertiary/aromatic N) is 1. The SMILES string of the molecule is C=C(CC)O[C@@H](C[C@H](OC)[C@@H](C)CC[C@@H](OC(=O)C(C)C)[C@H](C)[C@H](OC)[C@H](C)/C=C/N1CCCC1=O)C(C)C. The molecule has 0 aliphatic carbocycles. The Balaban J connectivity index is 2.97. The Morgan fingerprint density at radius 2 is 1.64 bits per heavy atom. The summed E-state index contributed by atoms with van der Waals surface area (Å²) >= 11 is 0. The lowest BCUT2D eigenvalue weighted by atomic mass is 9.84. The molecule has 1 aliphatic rings. The average Bonchev–Trinajstić information content (AvgIpc) is 3.31. The van der Waals surface area contributed by atoms with Gasteiger partial charge in [0.2, 0.25) is 5.91 Å². The number of rotatable bonds is 19. The molecule has 0 unspecified atom stereocenters. The summed E-state index contributed by atoms with van der Waals surface area (Å²) in [7, 11) is 3.46. The van der Waals surface area contributed by atoms with Crippen molar-refractivity contribution in [3.63, 3.8) is 0 Å². The predicted octanol–water partition coefficient (Wildman–Crippen LogP) is 6.76. The van der Waals surface area contributed by atoms with Gasteiger partial charge in [0.05, 0.1) is 23.9 Å². The highest BCUT2D eigenvalue weighted by Crippen LogP contribution is 2.30. The van der Waals surface area contributed by atoms with Crippen molar-refractivity contribution in [1.82, 2.24) is 4.90 Å². The van der Waals surface area contributed by atoms with Gasteiger partial charge in [-0.3, -0.25) is 9.59 Å². The van der Waals surface area contributed by atoms with Crippen LogP contribution in [0.3, 0.4) is 0 Å². The highest BCUT2D eigenvalue weighted by Gasteiger charge is 2.34. The third kappa shape index (κ3) is 11.6. The lowest BCUT2D eigenvalue weighted by molar-refractivity contribution is -0.159. The molecule has 1 aliphatic heterocycles. The van der Waals surface area contributed by atoms with Crippen LogP contribution in [0.4, 0.5) is 0 Å². The summed E-state index contributed by atoms with van der Waals surface area (Å²) in [5, 5.41) is 0. The van der Waals surface area contributed by atoms with E-state index in [-0.39, 0.29) is 60.0 Å². The number of carbonyl (C=O) groups is 2. The number of ether oxygens (including phenoxy) is 4. The standard InChI is InChI=1S/C32H57NO6/c1-12-25(8)38-28(21(2)3)20-29(36-10)23(6)15-16-27(39-32(35)22(4)5)26(9)31(37-11)24(7)17-19-33-18-13-14-30(33)34/h17,19,21-24,26-29,31H,8,12-16,18,20H2,1-7,9-11H3/b19-17+/t23-,24+,26-,27+,28-,29-,31+/m0/s1. The molecule has 0 radical (unpaired) electrons. The number of allylic oxidation sites excluding steroid dienone is 1. The zero-order valence-electron chi connectivity index (χ0n) is 26.4. The van der Waals surface area contributed by atoms with E-state index in [1.54, 1.807) is 19.1 Å². The molecule has 0 N–H and O–H groups in total. The van der Waals surface area contributed by atoms with E-state index in [1.807, 2.05) is 33.0 Å². The molecular weight excluding hydrogens is 494 g/mol. The van der Waals surface area contributed by atoms with Gasteiger partial charge in [-0.2, -0.15) is 0 Å². The first-order valence-corrected chi connectivity index (χ1v) is 14.9. The number of carbonyl (C=O) groups excluding carboxylic acids is 2. The summed E-state index contributed by atoms with van der Waals surface area (Å²) in [5.74, 6) is 1.13. The molecule has 0 aromatic rings. The minimum atomic E-state index is -0.300. The Bertz CT molecular complexity index is 779. The number of hydrogen-bond acceptors (Lipinski definition) is 6. The van der Waals surface area contributed by atoms with Gasteiger partial charge in [-0.1, -0.05) is 68.0 Å². The van der Waals surface area contributed by atoms with Gasteiger partial charge < -0.3 is 23.8 Å². The molecule has 1 saturated heterocycles. The molecule has 7 heteroatoms. The van der Waals surface area contributed by atoms with Crippen LogP contribution in [0, 0.1) is 29.6 Å². The zero-order chi connectivity index (χ0) is 29.7. The molecule has 7 atom stereocenters. The van der Waals surface area contributed by atoms with E-state index >= 15 is 0 Å². The van der Waals surface area contributed by atoms with Crippen molar-refractivity contribution in [2.45, 2.75) is 118 Å². The zero-order valence-corrected chi connectivity index (χ0v) is 26.4. The van der Waals surface area contributed by atoms with E-state index in [4.69, 9.17) is 18.9 Å². The van der Waals surface area contributed by atoms with Crippen molar-refractivity contribution in [2.24, 2.45) is 29.6 Å². The second-order valence-corrected chi connectivity index (χ2v) is 11.9. The highest BCUT2D eigenvalue weighted by atomic mass is 16.5. The maximum Gasteiger partial charge on any atom is 0.308 e. The van der Waals surface area contributed by atoms with Crippen molar-refractivity contribution in [2.75, 3.05) is 20.8 Å². The molecule has 0 aromatic heterocycles. The Morgan fingerprint density at radius 3 is 2.13 bits per heavy atom. The summed E-state index contributed by atoms with van der Waals surface area (Å²) < 4.78 is 24.1. The van der Waals surface area contributed by atoms with Gasteiger partial charge in [0, 0.05) is 58.1 Å². The summed E-state index contributed by atoms with van der Waals surface area (Å²) in [4.78, 5) is 26.5. The molecule has 0 aromatic carbocycles. The first-order chi connectivity index (χ1) is 18.4. The number of likely N-dealkylation sites (tertiary alicyclic amines) is 1. The van der Waals surface area contributed by atoms with Gasteiger partial charge in [-0.05, 0) is 31.1 Å². The second kappa shape index (κ2) is 17.8. The average molecular weight is 552 g/mol. The van der Waals surface area contributed by atoms with Crippen LogP contribution in [0.1, 0.15) is 93.9 Å². The quantitative estimate of drug-likeness (QED) is 0.130. The van der Waals surface area contributed by atoms with Gasteiger partial charge in [0.15, 0.2) is 0 Å². The molecule has 1 amide bonds. The Labute approximate surface area is 238 Å². The fourth-order valence-corrected chi connectivity index (χ4v) is 5.17. The number of amides is 1. The van der Waals surface area contributed by atoms with Crippen LogP contribution in [0.5, 0.6) is 0 Å². The normalized spacial score (nSPS) is 19.7. The molecule has 1 rings (SSSR count). The van der Waals surface area contributed by atoms with E-state index in [0.717, 1.165) is 38.0 Å². The van der Waals surface area contributed by atoms with Gasteiger partial charge in [-0.15, -0.1) is 0 Å². The fraction of sp³-hybridized carbons (Fsp3) is 0.812. The van der Waals surface area contributed by atoms with Crippen LogP contribution < -0.4 is 0 Å². The molecular formula is C32H57NO6. The van der Waals surface area contributed by atoms with Crippen LogP contribution in [-0.4, -0.2) is 62.0 Å². The van der Waals surface area contributed by atoms with Crippen LogP contribution in [0.25, 0.3) is 0 Å². The molecule has 0 bridgehead atoms. The minimum Gasteiger partial charge on any atom is -0.495 e. The molecule has 7 nitrogen and oxygen atoms in total. The number of esters is 1. The number of methoxy groups -OCH3 is 2. The fourth-order valence-electron chi connectivity index (χ4n) is 5.17. The minimum absolute atomic E-state index is 0.0110. The Kier molecular flexibility index (Phi) is 16.0. The molecule has 1 fully saturated rings. The third-order valence-corrected chi connectivity index (χ3v) is 8.08. The van der Waals surface area contributed by atoms with Crippen LogP contribution >= 0.6 is 0 Å². The van der Waals surface area contributed by atoms with Gasteiger partial charge in [0.25, 0.3) is 0 Å². The van der Waals surface area contributed by atoms with Crippen LogP contribution in [0.15, 0.2) is 24.6 Å². The summed E-state index contributed by atoms with van der Waals surface area (Å²) in [6.45, 7) is 21.2. The van der Waals surface area contributed by atoms with Gasteiger partial charge in [-0.25, -0.2) is 0 Å². The molecule has 39 heavy (non-hydrogen) atoms. The van der Waals surface area contributed by atoms with Gasteiger partial charge in [0.1, 0.15) is 12.2 Å². The van der Waals surface area contributed by atoms with Crippen molar-refractivity contribution in [3.05, 3.63) is 24.6 Å². The van der Waals surface area contributed by atoms with E-state index in [1.165, 1.54) is 0 Å². The smallest absolute Gasteiger partial charge is 0.308 e. The Hall–Kier alpha value is -1.86. The van der Waals surface area contributed by atoms with Gasteiger partial charge >= 0.3 is 5.97 Å². The number of hydrogen-bond donors (Lipinski definition) is 0. The van der Waals surface area contributed by atoms with Crippen LogP contribution in [0.2, 0.25) is 0 Å². The summed E-state index contributed by atoms with van der Waals surface area (Å²) in [6, 6.07) is 0. The van der Waals surface area contributed by atoms with Crippen molar-refractivity contribution in [3.8, 4) is 0 Å². The maximum atomic E-state index is 12.7. The van der Waals surface area contributed by atoms with E-state index in [9.17, 15) is 9.59 Å². The molecule has 226 valence electrons. The van der Waals surface area contributed by atoms with E-state index in [2.05, 4.69) is 41.2 Å². The van der Waals surface area contributed by atoms with Crippen molar-refractivity contribution < 1.29 is 28.5 Å². The topological polar surface area (TPSA) is 74.3 Å². The molecule has 0 saturated carbocycles.